The summed E-state index contributed by atoms with van der Waals surface area (Å²) in [6, 6.07) is 13.8. The Bertz CT molecular complexity index is 915. The number of hydrogen-bond donors (Lipinski definition) is 9. The summed E-state index contributed by atoms with van der Waals surface area (Å²) in [5, 5.41) is 28.2. The molecule has 2 aromatic rings. The number of benzene rings is 2. The minimum atomic E-state index is 0.748. The molecule has 0 bridgehead atoms. The van der Waals surface area contributed by atoms with Crippen LogP contribution in [0.25, 0.3) is 11.1 Å². The Hall–Kier alpha value is -2.24. The maximum Gasteiger partial charge on any atom is 0.0454 e. The lowest BCUT2D eigenvalue weighted by Crippen LogP contribution is -2.30. The number of anilines is 2. The zero-order valence-electron chi connectivity index (χ0n) is 27.5. The highest BCUT2D eigenvalue weighted by atomic mass is 15.1. The van der Waals surface area contributed by atoms with Gasteiger partial charge in [0.1, 0.15) is 0 Å². The molecule has 244 valence electrons. The molecule has 0 amide bonds. The zero-order chi connectivity index (χ0) is 30.8. The quantitative estimate of drug-likeness (QED) is 0.0533. The Morgan fingerprint density at radius 1 is 0.512 bits per heavy atom. The third-order valence-corrected chi connectivity index (χ3v) is 7.07. The van der Waals surface area contributed by atoms with Gasteiger partial charge in [-0.15, -0.1) is 0 Å². The topological polar surface area (TPSA) is 122 Å². The van der Waals surface area contributed by atoms with Gasteiger partial charge in [-0.25, -0.2) is 0 Å². The van der Waals surface area contributed by atoms with Gasteiger partial charge in [0.25, 0.3) is 0 Å². The fraction of sp³-hybridized carbons (Fsp3) is 0.647. The molecule has 0 radical (unpaired) electrons. The molecule has 0 fully saturated rings. The zero-order valence-corrected chi connectivity index (χ0v) is 27.5. The summed E-state index contributed by atoms with van der Waals surface area (Å²) in [4.78, 5) is 0. The van der Waals surface area contributed by atoms with Crippen molar-refractivity contribution in [3.05, 3.63) is 47.5 Å². The van der Waals surface area contributed by atoms with E-state index in [4.69, 9.17) is 5.73 Å². The first-order valence-corrected chi connectivity index (χ1v) is 16.8. The first kappa shape index (κ1) is 36.9. The summed E-state index contributed by atoms with van der Waals surface area (Å²) in [6.45, 7) is 18.9. The van der Waals surface area contributed by atoms with Crippen molar-refractivity contribution in [1.29, 1.82) is 0 Å². The Kier molecular flexibility index (Phi) is 21.6. The van der Waals surface area contributed by atoms with Crippen molar-refractivity contribution in [2.45, 2.75) is 65.8 Å². The van der Waals surface area contributed by atoms with E-state index in [1.165, 1.54) is 33.6 Å². The number of rotatable bonds is 28. The number of nitrogens with two attached hydrogens (primary N) is 1. The third kappa shape index (κ3) is 18.2. The minimum Gasteiger partial charge on any atom is -0.385 e. The molecule has 0 aliphatic rings. The molecule has 0 unspecified atom stereocenters. The van der Waals surface area contributed by atoms with Crippen molar-refractivity contribution in [2.75, 3.05) is 89.4 Å². The molecule has 0 spiro atoms. The summed E-state index contributed by atoms with van der Waals surface area (Å²) in [6.07, 6.45) is 6.62. The average Bonchev–Trinajstić information content (AvgIpc) is 3.01. The van der Waals surface area contributed by atoms with Crippen molar-refractivity contribution >= 4 is 11.4 Å². The van der Waals surface area contributed by atoms with Gasteiger partial charge in [0, 0.05) is 44.3 Å². The van der Waals surface area contributed by atoms with E-state index in [1.54, 1.807) is 0 Å². The van der Waals surface area contributed by atoms with Crippen LogP contribution in [0.1, 0.15) is 63.5 Å². The van der Waals surface area contributed by atoms with Crippen LogP contribution in [-0.4, -0.2) is 78.8 Å². The molecular weight excluding hydrogens is 534 g/mol. The Morgan fingerprint density at radius 2 is 1.02 bits per heavy atom. The van der Waals surface area contributed by atoms with Crippen LogP contribution in [0.15, 0.2) is 36.4 Å². The highest BCUT2D eigenvalue weighted by Crippen LogP contribution is 2.28. The molecule has 0 aliphatic carbocycles. The fourth-order valence-electron chi connectivity index (χ4n) is 4.81. The van der Waals surface area contributed by atoms with Gasteiger partial charge >= 0.3 is 0 Å². The molecule has 2 aromatic carbocycles. The van der Waals surface area contributed by atoms with Gasteiger partial charge in [-0.2, -0.15) is 0 Å². The van der Waals surface area contributed by atoms with Crippen molar-refractivity contribution < 1.29 is 0 Å². The molecule has 9 heteroatoms. The van der Waals surface area contributed by atoms with Gasteiger partial charge in [0.15, 0.2) is 0 Å². The third-order valence-electron chi connectivity index (χ3n) is 7.07. The molecule has 0 saturated heterocycles. The SMILES string of the molecule is CCCNCNCCCNc1cc(C)cc(-c2cc(CNCCCNCCCN)cc(NCCCNCNCCC)c2)c1. The average molecular weight is 598 g/mol. The second-order valence-electron chi connectivity index (χ2n) is 11.3. The van der Waals surface area contributed by atoms with Crippen LogP contribution < -0.4 is 48.3 Å². The van der Waals surface area contributed by atoms with Crippen molar-refractivity contribution in [3.8, 4) is 11.1 Å². The van der Waals surface area contributed by atoms with Crippen LogP contribution in [0.5, 0.6) is 0 Å². The monoisotopic (exact) mass is 598 g/mol. The molecule has 0 aliphatic heterocycles. The van der Waals surface area contributed by atoms with Gasteiger partial charge in [-0.1, -0.05) is 19.9 Å². The van der Waals surface area contributed by atoms with E-state index < -0.39 is 0 Å². The van der Waals surface area contributed by atoms with E-state index in [0.29, 0.717) is 0 Å². The van der Waals surface area contributed by atoms with Crippen LogP contribution in [0.3, 0.4) is 0 Å². The molecule has 0 aromatic heterocycles. The van der Waals surface area contributed by atoms with Crippen LogP contribution in [-0.2, 0) is 6.54 Å². The molecular formula is C34H63N9. The largest absolute Gasteiger partial charge is 0.385 e. The van der Waals surface area contributed by atoms with Gasteiger partial charge in [-0.05, 0) is 150 Å². The molecule has 43 heavy (non-hydrogen) atoms. The lowest BCUT2D eigenvalue weighted by Gasteiger charge is -2.15. The maximum absolute atomic E-state index is 5.58. The fourth-order valence-corrected chi connectivity index (χ4v) is 4.81. The van der Waals surface area contributed by atoms with Crippen LogP contribution in [0.4, 0.5) is 11.4 Å². The van der Waals surface area contributed by atoms with E-state index in [1.807, 2.05) is 0 Å². The van der Waals surface area contributed by atoms with E-state index >= 15 is 0 Å². The van der Waals surface area contributed by atoms with Crippen molar-refractivity contribution in [3.63, 3.8) is 0 Å². The van der Waals surface area contributed by atoms with E-state index in [-0.39, 0.29) is 0 Å². The lowest BCUT2D eigenvalue weighted by molar-refractivity contribution is 0.571. The second kappa shape index (κ2) is 25.1. The van der Waals surface area contributed by atoms with Crippen LogP contribution in [0.2, 0.25) is 0 Å². The number of aryl methyl sites for hydroxylation is 1. The number of nitrogens with one attached hydrogen (secondary N) is 8. The predicted molar refractivity (Wildman–Crippen MR) is 188 cm³/mol. The van der Waals surface area contributed by atoms with Crippen molar-refractivity contribution in [1.82, 2.24) is 31.9 Å². The van der Waals surface area contributed by atoms with E-state index in [0.717, 1.165) is 124 Å². The summed E-state index contributed by atoms with van der Waals surface area (Å²) in [5.41, 5.74) is 13.0. The van der Waals surface area contributed by atoms with Gasteiger partial charge in [0.05, 0.1) is 0 Å². The lowest BCUT2D eigenvalue weighted by atomic mass is 9.99. The number of hydrogen-bond acceptors (Lipinski definition) is 9. The van der Waals surface area contributed by atoms with Gasteiger partial charge in [-0.3, -0.25) is 0 Å². The van der Waals surface area contributed by atoms with E-state index in [2.05, 4.69) is 99.7 Å². The first-order chi connectivity index (χ1) is 21.2. The molecule has 0 saturated carbocycles. The Balaban J connectivity index is 1.97. The normalized spacial score (nSPS) is 11.3. The van der Waals surface area contributed by atoms with Crippen molar-refractivity contribution in [2.24, 2.45) is 5.73 Å². The summed E-state index contributed by atoms with van der Waals surface area (Å²) in [5.74, 6) is 0. The van der Waals surface area contributed by atoms with E-state index in [9.17, 15) is 0 Å². The van der Waals surface area contributed by atoms with Crippen LogP contribution in [0, 0.1) is 6.92 Å². The molecule has 9 nitrogen and oxygen atoms in total. The Morgan fingerprint density at radius 3 is 1.65 bits per heavy atom. The van der Waals surface area contributed by atoms with Crippen LogP contribution >= 0.6 is 0 Å². The molecule has 10 N–H and O–H groups in total. The molecule has 0 atom stereocenters. The standard InChI is InChI=1S/C34H63N9/c1-4-11-38-27-40-16-8-18-42-33-21-29(3)20-31(24-33)32-22-30(26-37-15-7-14-36-13-6-10-35)23-34(25-32)43-19-9-17-41-28-39-12-5-2/h20-25,36-43H,4-19,26-28,35H2,1-3H3. The first-order valence-electron chi connectivity index (χ1n) is 16.8. The smallest absolute Gasteiger partial charge is 0.0454 e. The van der Waals surface area contributed by atoms with Gasteiger partial charge < -0.3 is 48.3 Å². The molecule has 0 heterocycles. The summed E-state index contributed by atoms with van der Waals surface area (Å²) >= 11 is 0. The predicted octanol–water partition coefficient (Wildman–Crippen LogP) is 3.78. The summed E-state index contributed by atoms with van der Waals surface area (Å²) < 4.78 is 0. The highest BCUT2D eigenvalue weighted by Gasteiger charge is 2.07. The Labute approximate surface area is 262 Å². The highest BCUT2D eigenvalue weighted by molar-refractivity contribution is 5.73. The van der Waals surface area contributed by atoms with Gasteiger partial charge in [0.2, 0.25) is 0 Å². The minimum absolute atomic E-state index is 0.748. The summed E-state index contributed by atoms with van der Waals surface area (Å²) in [7, 11) is 0. The maximum atomic E-state index is 5.58. The molecule has 2 rings (SSSR count). The second-order valence-corrected chi connectivity index (χ2v) is 11.3.